The molecule has 5 rings (SSSR count). The third kappa shape index (κ3) is 3.51. The van der Waals surface area contributed by atoms with Crippen molar-refractivity contribution in [3.05, 3.63) is 82.9 Å². The molecule has 150 valence electrons. The molecule has 1 aliphatic rings. The standard InChI is InChI=1S/C26H24N2O2/c1-18-15-20(8-7-19-5-3-2-4-6-19)16-23-22-10-9-21(17-24(22)27-25(18)23)26(29)28-11-13-30-14-12-28/h2-10,15-17,27H,11-14H2,1H3/b8-7+. The van der Waals surface area contributed by atoms with Gasteiger partial charge in [0.05, 0.1) is 13.2 Å². The molecule has 0 saturated carbocycles. The van der Waals surface area contributed by atoms with E-state index < -0.39 is 0 Å². The van der Waals surface area contributed by atoms with Crippen molar-refractivity contribution >= 4 is 39.9 Å². The van der Waals surface area contributed by atoms with Crippen LogP contribution in [0.15, 0.2) is 60.7 Å². The van der Waals surface area contributed by atoms with Crippen molar-refractivity contribution in [2.24, 2.45) is 0 Å². The molecule has 2 heterocycles. The van der Waals surface area contributed by atoms with Gasteiger partial charge in [-0.05, 0) is 47.9 Å². The van der Waals surface area contributed by atoms with Crippen LogP contribution in [-0.4, -0.2) is 42.1 Å². The molecule has 0 aliphatic carbocycles. The quantitative estimate of drug-likeness (QED) is 0.479. The molecular weight excluding hydrogens is 372 g/mol. The van der Waals surface area contributed by atoms with Crippen molar-refractivity contribution in [2.45, 2.75) is 6.92 Å². The minimum Gasteiger partial charge on any atom is -0.378 e. The molecule has 4 heteroatoms. The fourth-order valence-electron chi connectivity index (χ4n) is 4.15. The summed E-state index contributed by atoms with van der Waals surface area (Å²) in [5.74, 6) is 0.0714. The van der Waals surface area contributed by atoms with Gasteiger partial charge in [-0.1, -0.05) is 48.6 Å². The van der Waals surface area contributed by atoms with E-state index >= 15 is 0 Å². The lowest BCUT2D eigenvalue weighted by Crippen LogP contribution is -2.40. The van der Waals surface area contributed by atoms with Crippen LogP contribution in [0.3, 0.4) is 0 Å². The Hall–Kier alpha value is -3.37. The molecule has 1 saturated heterocycles. The highest BCUT2D eigenvalue weighted by Crippen LogP contribution is 2.30. The average Bonchev–Trinajstić information content (AvgIpc) is 3.17. The number of ether oxygens (including phenoxy) is 1. The number of hydrogen-bond donors (Lipinski definition) is 1. The van der Waals surface area contributed by atoms with Gasteiger partial charge in [-0.3, -0.25) is 4.79 Å². The van der Waals surface area contributed by atoms with E-state index in [9.17, 15) is 4.79 Å². The van der Waals surface area contributed by atoms with Gasteiger partial charge in [-0.2, -0.15) is 0 Å². The zero-order valence-electron chi connectivity index (χ0n) is 17.0. The maximum Gasteiger partial charge on any atom is 0.254 e. The van der Waals surface area contributed by atoms with Crippen LogP contribution in [0.2, 0.25) is 0 Å². The summed E-state index contributed by atoms with van der Waals surface area (Å²) in [6.07, 6.45) is 4.28. The first-order valence-electron chi connectivity index (χ1n) is 10.4. The number of rotatable bonds is 3. The zero-order chi connectivity index (χ0) is 20.5. The molecule has 1 aromatic heterocycles. The average molecular weight is 396 g/mol. The molecule has 1 aliphatic heterocycles. The zero-order valence-corrected chi connectivity index (χ0v) is 17.0. The summed E-state index contributed by atoms with van der Waals surface area (Å²) < 4.78 is 5.36. The molecule has 0 spiro atoms. The van der Waals surface area contributed by atoms with Gasteiger partial charge < -0.3 is 14.6 Å². The molecule has 1 N–H and O–H groups in total. The predicted molar refractivity (Wildman–Crippen MR) is 123 cm³/mol. The van der Waals surface area contributed by atoms with Crippen molar-refractivity contribution < 1.29 is 9.53 Å². The number of fused-ring (bicyclic) bond motifs is 3. The lowest BCUT2D eigenvalue weighted by Gasteiger charge is -2.26. The molecule has 1 fully saturated rings. The Labute approximate surface area is 175 Å². The van der Waals surface area contributed by atoms with E-state index in [1.54, 1.807) is 0 Å². The van der Waals surface area contributed by atoms with Crippen molar-refractivity contribution in [3.8, 4) is 0 Å². The van der Waals surface area contributed by atoms with E-state index in [1.807, 2.05) is 35.2 Å². The minimum atomic E-state index is 0.0714. The number of nitrogens with zero attached hydrogens (tertiary/aromatic N) is 1. The molecular formula is C26H24N2O2. The molecule has 3 aromatic carbocycles. The van der Waals surface area contributed by atoms with Crippen molar-refractivity contribution in [3.63, 3.8) is 0 Å². The number of nitrogens with one attached hydrogen (secondary N) is 1. The van der Waals surface area contributed by atoms with Gasteiger partial charge in [0.2, 0.25) is 0 Å². The van der Waals surface area contributed by atoms with Gasteiger partial charge in [0, 0.05) is 40.5 Å². The lowest BCUT2D eigenvalue weighted by molar-refractivity contribution is 0.0303. The Balaban J connectivity index is 1.52. The highest BCUT2D eigenvalue weighted by atomic mass is 16.5. The largest absolute Gasteiger partial charge is 0.378 e. The Kier molecular flexibility index (Phi) is 4.85. The smallest absolute Gasteiger partial charge is 0.254 e. The summed E-state index contributed by atoms with van der Waals surface area (Å²) in [5, 5.41) is 2.32. The van der Waals surface area contributed by atoms with E-state index in [-0.39, 0.29) is 5.91 Å². The van der Waals surface area contributed by atoms with Crippen LogP contribution in [0.4, 0.5) is 0 Å². The van der Waals surface area contributed by atoms with Gasteiger partial charge in [-0.15, -0.1) is 0 Å². The molecule has 1 amide bonds. The predicted octanol–water partition coefficient (Wildman–Crippen LogP) is 5.27. The number of hydrogen-bond acceptors (Lipinski definition) is 2. The second-order valence-electron chi connectivity index (χ2n) is 7.79. The fourth-order valence-corrected chi connectivity index (χ4v) is 4.15. The van der Waals surface area contributed by atoms with Crippen molar-refractivity contribution in [2.75, 3.05) is 26.3 Å². The number of amides is 1. The number of carbonyl (C=O) groups excluding carboxylic acids is 1. The Bertz CT molecular complexity index is 1250. The summed E-state index contributed by atoms with van der Waals surface area (Å²) in [6.45, 7) is 4.65. The maximum atomic E-state index is 12.8. The first-order valence-corrected chi connectivity index (χ1v) is 10.4. The Morgan fingerprint density at radius 1 is 0.933 bits per heavy atom. The monoisotopic (exact) mass is 396 g/mol. The molecule has 0 unspecified atom stereocenters. The van der Waals surface area contributed by atoms with E-state index in [1.165, 1.54) is 22.1 Å². The topological polar surface area (TPSA) is 45.3 Å². The summed E-state index contributed by atoms with van der Waals surface area (Å²) in [4.78, 5) is 18.2. The van der Waals surface area contributed by atoms with E-state index in [0.717, 1.165) is 22.0 Å². The van der Waals surface area contributed by atoms with Crippen LogP contribution < -0.4 is 0 Å². The van der Waals surface area contributed by atoms with Crippen LogP contribution in [0.1, 0.15) is 27.0 Å². The van der Waals surface area contributed by atoms with Gasteiger partial charge in [0.25, 0.3) is 5.91 Å². The van der Waals surface area contributed by atoms with Gasteiger partial charge >= 0.3 is 0 Å². The van der Waals surface area contributed by atoms with Gasteiger partial charge in [0.15, 0.2) is 0 Å². The SMILES string of the molecule is Cc1cc(/C=C/c2ccccc2)cc2c1[nH]c1cc(C(=O)N3CCOCC3)ccc12. The molecule has 0 bridgehead atoms. The van der Waals surface area contributed by atoms with Crippen molar-refractivity contribution in [1.82, 2.24) is 9.88 Å². The molecule has 0 atom stereocenters. The highest BCUT2D eigenvalue weighted by Gasteiger charge is 2.19. The third-order valence-corrected chi connectivity index (χ3v) is 5.74. The second-order valence-corrected chi connectivity index (χ2v) is 7.79. The van der Waals surface area contributed by atoms with Gasteiger partial charge in [-0.25, -0.2) is 0 Å². The van der Waals surface area contributed by atoms with E-state index in [2.05, 4.69) is 54.4 Å². The first-order chi connectivity index (χ1) is 14.7. The minimum absolute atomic E-state index is 0.0714. The highest BCUT2D eigenvalue weighted by molar-refractivity contribution is 6.11. The van der Waals surface area contributed by atoms with Crippen LogP contribution in [0, 0.1) is 6.92 Å². The van der Waals surface area contributed by atoms with Crippen LogP contribution in [-0.2, 0) is 4.74 Å². The maximum absolute atomic E-state index is 12.8. The number of H-pyrrole nitrogens is 1. The van der Waals surface area contributed by atoms with Crippen LogP contribution in [0.5, 0.6) is 0 Å². The normalized spacial score (nSPS) is 14.8. The lowest BCUT2D eigenvalue weighted by atomic mass is 10.0. The second kappa shape index (κ2) is 7.81. The molecule has 4 aromatic rings. The summed E-state index contributed by atoms with van der Waals surface area (Å²) >= 11 is 0. The summed E-state index contributed by atoms with van der Waals surface area (Å²) in [6, 6.07) is 20.7. The summed E-state index contributed by atoms with van der Waals surface area (Å²) in [5.41, 5.74) is 6.38. The van der Waals surface area contributed by atoms with Gasteiger partial charge in [0.1, 0.15) is 0 Å². The number of benzene rings is 3. The van der Waals surface area contributed by atoms with Crippen molar-refractivity contribution in [1.29, 1.82) is 0 Å². The third-order valence-electron chi connectivity index (χ3n) is 5.74. The number of aromatic nitrogens is 1. The fraction of sp³-hybridized carbons (Fsp3) is 0.192. The van der Waals surface area contributed by atoms with Crippen LogP contribution in [0.25, 0.3) is 34.0 Å². The Morgan fingerprint density at radius 2 is 1.70 bits per heavy atom. The molecule has 30 heavy (non-hydrogen) atoms. The number of aromatic amines is 1. The number of morpholine rings is 1. The first kappa shape index (κ1) is 18.6. The molecule has 0 radical (unpaired) electrons. The van der Waals surface area contributed by atoms with E-state index in [4.69, 9.17) is 4.74 Å². The molecule has 4 nitrogen and oxygen atoms in total. The number of carbonyl (C=O) groups is 1. The van der Waals surface area contributed by atoms with E-state index in [0.29, 0.717) is 26.3 Å². The van der Waals surface area contributed by atoms with Crippen LogP contribution >= 0.6 is 0 Å². The number of aryl methyl sites for hydroxylation is 1. The summed E-state index contributed by atoms with van der Waals surface area (Å²) in [7, 11) is 0. The Morgan fingerprint density at radius 3 is 2.50 bits per heavy atom.